The molecule has 1 fully saturated rings. The van der Waals surface area contributed by atoms with Gasteiger partial charge in [0.15, 0.2) is 5.76 Å². The summed E-state index contributed by atoms with van der Waals surface area (Å²) in [4.78, 5) is 25.6. The van der Waals surface area contributed by atoms with E-state index >= 15 is 0 Å². The molecule has 144 valence electrons. The molecule has 3 heterocycles. The van der Waals surface area contributed by atoms with Gasteiger partial charge in [0.1, 0.15) is 17.4 Å². The zero-order valence-electron chi connectivity index (χ0n) is 15.5. The van der Waals surface area contributed by atoms with Gasteiger partial charge in [0.25, 0.3) is 5.91 Å². The molecule has 1 unspecified atom stereocenters. The number of amides is 1. The normalized spacial score (nSPS) is 15.5. The summed E-state index contributed by atoms with van der Waals surface area (Å²) in [7, 11) is 0. The average Bonchev–Trinajstić information content (AvgIpc) is 3.20. The van der Waals surface area contributed by atoms with Crippen molar-refractivity contribution in [3.63, 3.8) is 0 Å². The van der Waals surface area contributed by atoms with E-state index in [2.05, 4.69) is 15.1 Å². The molecule has 28 heavy (non-hydrogen) atoms. The van der Waals surface area contributed by atoms with Crippen LogP contribution in [0.15, 0.2) is 53.3 Å². The Bertz CT molecular complexity index is 935. The van der Waals surface area contributed by atoms with Gasteiger partial charge < -0.3 is 19.4 Å². The molecule has 0 radical (unpaired) electrons. The smallest absolute Gasteiger partial charge is 0.259 e. The number of benzene rings is 1. The summed E-state index contributed by atoms with van der Waals surface area (Å²) in [6, 6.07) is 11.2. The van der Waals surface area contributed by atoms with Gasteiger partial charge in [-0.25, -0.2) is 9.97 Å². The van der Waals surface area contributed by atoms with Crippen LogP contribution in [0.1, 0.15) is 29.1 Å². The van der Waals surface area contributed by atoms with E-state index in [0.29, 0.717) is 43.4 Å². The molecule has 1 amide bonds. The van der Waals surface area contributed by atoms with Crippen LogP contribution in [0, 0.1) is 0 Å². The number of hydrogen-bond donors (Lipinski definition) is 1. The van der Waals surface area contributed by atoms with Crippen molar-refractivity contribution in [2.45, 2.75) is 13.0 Å². The van der Waals surface area contributed by atoms with Gasteiger partial charge in [0, 0.05) is 44.1 Å². The second-order valence-electron chi connectivity index (χ2n) is 6.64. The van der Waals surface area contributed by atoms with E-state index < -0.39 is 6.10 Å². The first-order valence-corrected chi connectivity index (χ1v) is 9.19. The Kier molecular flexibility index (Phi) is 5.03. The van der Waals surface area contributed by atoms with Crippen LogP contribution in [-0.2, 0) is 0 Å². The number of piperazine rings is 1. The van der Waals surface area contributed by atoms with Gasteiger partial charge in [-0.2, -0.15) is 0 Å². The highest BCUT2D eigenvalue weighted by Crippen LogP contribution is 2.30. The summed E-state index contributed by atoms with van der Waals surface area (Å²) in [5.41, 5.74) is 1.55. The molecule has 1 N–H and O–H groups in total. The number of aromatic nitrogens is 3. The summed E-state index contributed by atoms with van der Waals surface area (Å²) in [5.74, 6) is 0.663. The summed E-state index contributed by atoms with van der Waals surface area (Å²) < 4.78 is 5.34. The third-order valence-corrected chi connectivity index (χ3v) is 4.76. The SMILES string of the molecule is CC(O)c1onc(-c2ccccc2)c1C(=O)N1CCN(c2ncccn2)CC1. The van der Waals surface area contributed by atoms with Crippen molar-refractivity contribution in [1.82, 2.24) is 20.0 Å². The molecule has 1 aromatic carbocycles. The Morgan fingerprint density at radius 2 is 1.75 bits per heavy atom. The molecule has 4 rings (SSSR count). The highest BCUT2D eigenvalue weighted by atomic mass is 16.5. The van der Waals surface area contributed by atoms with Crippen LogP contribution in [0.3, 0.4) is 0 Å². The lowest BCUT2D eigenvalue weighted by Crippen LogP contribution is -2.49. The van der Waals surface area contributed by atoms with Gasteiger partial charge in [-0.1, -0.05) is 35.5 Å². The summed E-state index contributed by atoms with van der Waals surface area (Å²) in [6.07, 6.45) is 2.48. The molecular formula is C20H21N5O3. The number of aliphatic hydroxyl groups is 1. The number of nitrogens with zero attached hydrogens (tertiary/aromatic N) is 5. The van der Waals surface area contributed by atoms with Crippen LogP contribution in [0.4, 0.5) is 5.95 Å². The van der Waals surface area contributed by atoms with Gasteiger partial charge >= 0.3 is 0 Å². The fourth-order valence-corrected chi connectivity index (χ4v) is 3.31. The van der Waals surface area contributed by atoms with E-state index in [9.17, 15) is 9.90 Å². The van der Waals surface area contributed by atoms with Crippen LogP contribution in [0.2, 0.25) is 0 Å². The Hall–Kier alpha value is -3.26. The molecule has 8 nitrogen and oxygen atoms in total. The first kappa shape index (κ1) is 18.1. The van der Waals surface area contributed by atoms with Gasteiger partial charge in [0.05, 0.1) is 0 Å². The minimum Gasteiger partial charge on any atom is -0.385 e. The van der Waals surface area contributed by atoms with Crippen molar-refractivity contribution in [1.29, 1.82) is 0 Å². The molecule has 0 spiro atoms. The van der Waals surface area contributed by atoms with Crippen LogP contribution in [0.5, 0.6) is 0 Å². The van der Waals surface area contributed by atoms with E-state index in [-0.39, 0.29) is 11.7 Å². The predicted molar refractivity (Wildman–Crippen MR) is 103 cm³/mol. The maximum absolute atomic E-state index is 13.3. The lowest BCUT2D eigenvalue weighted by atomic mass is 10.0. The fraction of sp³-hybridized carbons (Fsp3) is 0.300. The van der Waals surface area contributed by atoms with E-state index in [4.69, 9.17) is 4.52 Å². The Labute approximate surface area is 162 Å². The number of hydrogen-bond acceptors (Lipinski definition) is 7. The lowest BCUT2D eigenvalue weighted by molar-refractivity contribution is 0.0735. The minimum absolute atomic E-state index is 0.190. The zero-order valence-corrected chi connectivity index (χ0v) is 15.5. The van der Waals surface area contributed by atoms with Gasteiger partial charge in [-0.15, -0.1) is 0 Å². The van der Waals surface area contributed by atoms with Crippen molar-refractivity contribution in [3.8, 4) is 11.3 Å². The number of aliphatic hydroxyl groups excluding tert-OH is 1. The first-order valence-electron chi connectivity index (χ1n) is 9.19. The number of rotatable bonds is 4. The van der Waals surface area contributed by atoms with Crippen molar-refractivity contribution in [2.75, 3.05) is 31.1 Å². The zero-order chi connectivity index (χ0) is 19.5. The standard InChI is InChI=1S/C20H21N5O3/c1-14(26)18-16(17(23-28-18)15-6-3-2-4-7-15)19(27)24-10-12-25(13-11-24)20-21-8-5-9-22-20/h2-9,14,26H,10-13H2,1H3. The first-order chi connectivity index (χ1) is 13.6. The fourth-order valence-electron chi connectivity index (χ4n) is 3.31. The maximum Gasteiger partial charge on any atom is 0.259 e. The molecule has 1 aliphatic rings. The molecule has 0 bridgehead atoms. The summed E-state index contributed by atoms with van der Waals surface area (Å²) >= 11 is 0. The number of anilines is 1. The molecule has 8 heteroatoms. The molecule has 0 aliphatic carbocycles. The quantitative estimate of drug-likeness (QED) is 0.742. The minimum atomic E-state index is -0.928. The van der Waals surface area contributed by atoms with Crippen LogP contribution in [-0.4, -0.2) is 57.2 Å². The van der Waals surface area contributed by atoms with Crippen molar-refractivity contribution >= 4 is 11.9 Å². The van der Waals surface area contributed by atoms with E-state index in [1.807, 2.05) is 35.2 Å². The summed E-state index contributed by atoms with van der Waals surface area (Å²) in [5, 5.41) is 14.1. The third-order valence-electron chi connectivity index (χ3n) is 4.76. The van der Waals surface area contributed by atoms with E-state index in [1.54, 1.807) is 30.3 Å². The van der Waals surface area contributed by atoms with Crippen LogP contribution < -0.4 is 4.90 Å². The van der Waals surface area contributed by atoms with E-state index in [1.165, 1.54) is 0 Å². The molecule has 1 aliphatic heterocycles. The molecule has 1 saturated heterocycles. The topological polar surface area (TPSA) is 95.6 Å². The van der Waals surface area contributed by atoms with Gasteiger partial charge in [0.2, 0.25) is 5.95 Å². The lowest BCUT2D eigenvalue weighted by Gasteiger charge is -2.34. The monoisotopic (exact) mass is 379 g/mol. The van der Waals surface area contributed by atoms with E-state index in [0.717, 1.165) is 5.56 Å². The molecule has 0 saturated carbocycles. The Balaban J connectivity index is 1.58. The Morgan fingerprint density at radius 1 is 1.07 bits per heavy atom. The maximum atomic E-state index is 13.3. The van der Waals surface area contributed by atoms with Crippen LogP contribution >= 0.6 is 0 Å². The largest absolute Gasteiger partial charge is 0.385 e. The number of carbonyl (C=O) groups is 1. The summed E-state index contributed by atoms with van der Waals surface area (Å²) in [6.45, 7) is 3.87. The molecule has 3 aromatic rings. The molecule has 2 aromatic heterocycles. The highest BCUT2D eigenvalue weighted by Gasteiger charge is 2.31. The predicted octanol–water partition coefficient (Wildman–Crippen LogP) is 2.15. The Morgan fingerprint density at radius 3 is 2.39 bits per heavy atom. The van der Waals surface area contributed by atoms with Gasteiger partial charge in [-0.3, -0.25) is 4.79 Å². The highest BCUT2D eigenvalue weighted by molar-refractivity contribution is 6.01. The molecule has 1 atom stereocenters. The van der Waals surface area contributed by atoms with Crippen molar-refractivity contribution in [3.05, 3.63) is 60.1 Å². The molecular weight excluding hydrogens is 358 g/mol. The second-order valence-corrected chi connectivity index (χ2v) is 6.64. The van der Waals surface area contributed by atoms with Crippen LogP contribution in [0.25, 0.3) is 11.3 Å². The average molecular weight is 379 g/mol. The third kappa shape index (κ3) is 3.46. The second kappa shape index (κ2) is 7.77. The van der Waals surface area contributed by atoms with Gasteiger partial charge in [-0.05, 0) is 13.0 Å². The van der Waals surface area contributed by atoms with Crippen molar-refractivity contribution < 1.29 is 14.4 Å². The number of carbonyl (C=O) groups excluding carboxylic acids is 1. The van der Waals surface area contributed by atoms with Crippen molar-refractivity contribution in [2.24, 2.45) is 0 Å².